The van der Waals surface area contributed by atoms with E-state index in [2.05, 4.69) is 4.90 Å². The number of hydrogen-bond donors (Lipinski definition) is 0. The zero-order valence-corrected chi connectivity index (χ0v) is 6.55. The third-order valence-electron chi connectivity index (χ3n) is 1.98. The molecule has 0 saturated carbocycles. The quantitative estimate of drug-likeness (QED) is 0.545. The molecule has 0 N–H and O–H groups in total. The minimum absolute atomic E-state index is 0.220. The van der Waals surface area contributed by atoms with Gasteiger partial charge in [0.2, 0.25) is 0 Å². The maximum atomic E-state index is 10.3. The molecule has 0 aromatic heterocycles. The summed E-state index contributed by atoms with van der Waals surface area (Å²) in [6.45, 7) is 5.32. The molecular weight excluding hydrogens is 126 g/mol. The third kappa shape index (κ3) is 2.10. The Morgan fingerprint density at radius 3 is 2.60 bits per heavy atom. The molecular formula is C8H15NO. The van der Waals surface area contributed by atoms with Gasteiger partial charge in [-0.25, -0.2) is 0 Å². The van der Waals surface area contributed by atoms with Crippen LogP contribution in [0.3, 0.4) is 0 Å². The Labute approximate surface area is 62.2 Å². The Hall–Kier alpha value is -0.370. The van der Waals surface area contributed by atoms with Crippen molar-refractivity contribution in [3.05, 3.63) is 0 Å². The largest absolute Gasteiger partial charge is 0.303 e. The van der Waals surface area contributed by atoms with Gasteiger partial charge in [0.05, 0.1) is 0 Å². The van der Waals surface area contributed by atoms with E-state index in [9.17, 15) is 4.79 Å². The van der Waals surface area contributed by atoms with Gasteiger partial charge in [0.15, 0.2) is 0 Å². The predicted molar refractivity (Wildman–Crippen MR) is 40.9 cm³/mol. The monoisotopic (exact) mass is 141 g/mol. The molecule has 0 spiro atoms. The Balaban J connectivity index is 2.17. The third-order valence-corrected chi connectivity index (χ3v) is 1.98. The van der Waals surface area contributed by atoms with Crippen LogP contribution in [0.5, 0.6) is 0 Å². The number of hydrogen-bond acceptors (Lipinski definition) is 2. The molecule has 1 aliphatic rings. The number of rotatable bonds is 3. The Morgan fingerprint density at radius 2 is 2.10 bits per heavy atom. The first kappa shape index (κ1) is 7.73. The van der Waals surface area contributed by atoms with E-state index in [1.54, 1.807) is 0 Å². The lowest BCUT2D eigenvalue weighted by molar-refractivity contribution is -0.111. The van der Waals surface area contributed by atoms with E-state index >= 15 is 0 Å². The van der Waals surface area contributed by atoms with Gasteiger partial charge in [0.1, 0.15) is 6.29 Å². The topological polar surface area (TPSA) is 20.3 Å². The van der Waals surface area contributed by atoms with Crippen LogP contribution in [0.1, 0.15) is 19.8 Å². The van der Waals surface area contributed by atoms with Crippen LogP contribution in [0.15, 0.2) is 0 Å². The minimum Gasteiger partial charge on any atom is -0.303 e. The molecule has 0 aromatic carbocycles. The Kier molecular flexibility index (Phi) is 2.87. The van der Waals surface area contributed by atoms with E-state index in [0.717, 1.165) is 12.8 Å². The molecule has 10 heavy (non-hydrogen) atoms. The molecule has 1 fully saturated rings. The van der Waals surface area contributed by atoms with Gasteiger partial charge >= 0.3 is 0 Å². The van der Waals surface area contributed by atoms with Crippen molar-refractivity contribution >= 4 is 6.29 Å². The van der Waals surface area contributed by atoms with E-state index in [4.69, 9.17) is 0 Å². The van der Waals surface area contributed by atoms with Crippen LogP contribution in [0.2, 0.25) is 0 Å². The van der Waals surface area contributed by atoms with Gasteiger partial charge in [0, 0.05) is 12.5 Å². The van der Waals surface area contributed by atoms with E-state index in [-0.39, 0.29) is 5.92 Å². The SMILES string of the molecule is CC(C=O)CN1CCCC1. The highest BCUT2D eigenvalue weighted by molar-refractivity contribution is 5.52. The number of carbonyl (C=O) groups excluding carboxylic acids is 1. The average molecular weight is 141 g/mol. The predicted octanol–water partition coefficient (Wildman–Crippen LogP) is 0.917. The molecule has 1 saturated heterocycles. The number of aldehydes is 1. The average Bonchev–Trinajstić information content (AvgIpc) is 2.40. The van der Waals surface area contributed by atoms with Crippen LogP contribution in [0.4, 0.5) is 0 Å². The molecule has 0 aliphatic carbocycles. The molecule has 1 atom stereocenters. The first-order valence-corrected chi connectivity index (χ1v) is 4.00. The second kappa shape index (κ2) is 3.71. The van der Waals surface area contributed by atoms with Crippen molar-refractivity contribution in [2.24, 2.45) is 5.92 Å². The highest BCUT2D eigenvalue weighted by Crippen LogP contribution is 2.08. The highest BCUT2D eigenvalue weighted by Gasteiger charge is 2.13. The minimum atomic E-state index is 0.220. The summed E-state index contributed by atoms with van der Waals surface area (Å²) in [4.78, 5) is 12.6. The second-order valence-corrected chi connectivity index (χ2v) is 3.12. The lowest BCUT2D eigenvalue weighted by Crippen LogP contribution is -2.25. The number of nitrogens with zero attached hydrogens (tertiary/aromatic N) is 1. The number of likely N-dealkylation sites (tertiary alicyclic amines) is 1. The van der Waals surface area contributed by atoms with E-state index in [1.807, 2.05) is 6.92 Å². The maximum absolute atomic E-state index is 10.3. The van der Waals surface area contributed by atoms with Gasteiger partial charge in [-0.05, 0) is 25.9 Å². The van der Waals surface area contributed by atoms with Gasteiger partial charge in [-0.3, -0.25) is 0 Å². The van der Waals surface area contributed by atoms with Crippen LogP contribution in [-0.4, -0.2) is 30.8 Å². The zero-order chi connectivity index (χ0) is 7.40. The van der Waals surface area contributed by atoms with Gasteiger partial charge in [-0.1, -0.05) is 6.92 Å². The van der Waals surface area contributed by atoms with Crippen molar-refractivity contribution in [2.45, 2.75) is 19.8 Å². The smallest absolute Gasteiger partial charge is 0.124 e. The molecule has 0 amide bonds. The molecule has 1 rings (SSSR count). The summed E-state index contributed by atoms with van der Waals surface area (Å²) >= 11 is 0. The molecule has 2 heteroatoms. The first-order chi connectivity index (χ1) is 4.83. The van der Waals surface area contributed by atoms with Crippen LogP contribution in [0.25, 0.3) is 0 Å². The summed E-state index contributed by atoms with van der Waals surface area (Å²) in [6, 6.07) is 0. The Morgan fingerprint density at radius 1 is 1.50 bits per heavy atom. The fourth-order valence-corrected chi connectivity index (χ4v) is 1.42. The molecule has 1 unspecified atom stereocenters. The van der Waals surface area contributed by atoms with Crippen LogP contribution >= 0.6 is 0 Å². The lowest BCUT2D eigenvalue weighted by atomic mass is 10.2. The Bertz CT molecular complexity index is 108. The summed E-state index contributed by atoms with van der Waals surface area (Å²) in [5.74, 6) is 0.220. The molecule has 1 aliphatic heterocycles. The van der Waals surface area contributed by atoms with Crippen molar-refractivity contribution in [1.82, 2.24) is 4.90 Å². The number of carbonyl (C=O) groups is 1. The lowest BCUT2D eigenvalue weighted by Gasteiger charge is -2.15. The molecule has 58 valence electrons. The van der Waals surface area contributed by atoms with Gasteiger partial charge in [-0.15, -0.1) is 0 Å². The van der Waals surface area contributed by atoms with Gasteiger partial charge in [-0.2, -0.15) is 0 Å². The highest BCUT2D eigenvalue weighted by atomic mass is 16.1. The van der Waals surface area contributed by atoms with Crippen LogP contribution in [0, 0.1) is 5.92 Å². The van der Waals surface area contributed by atoms with Gasteiger partial charge in [0.25, 0.3) is 0 Å². The molecule has 1 heterocycles. The summed E-state index contributed by atoms with van der Waals surface area (Å²) in [7, 11) is 0. The van der Waals surface area contributed by atoms with Crippen molar-refractivity contribution < 1.29 is 4.79 Å². The first-order valence-electron chi connectivity index (χ1n) is 4.00. The van der Waals surface area contributed by atoms with E-state index in [0.29, 0.717) is 0 Å². The standard InChI is InChI=1S/C8H15NO/c1-8(7-10)6-9-4-2-3-5-9/h7-8H,2-6H2,1H3. The normalized spacial score (nSPS) is 22.9. The van der Waals surface area contributed by atoms with E-state index in [1.165, 1.54) is 25.9 Å². The van der Waals surface area contributed by atoms with Gasteiger partial charge < -0.3 is 9.69 Å². The molecule has 0 bridgehead atoms. The molecule has 2 nitrogen and oxygen atoms in total. The fraction of sp³-hybridized carbons (Fsp3) is 0.875. The van der Waals surface area contributed by atoms with E-state index < -0.39 is 0 Å². The van der Waals surface area contributed by atoms with Crippen molar-refractivity contribution in [3.8, 4) is 0 Å². The van der Waals surface area contributed by atoms with Crippen LogP contribution < -0.4 is 0 Å². The maximum Gasteiger partial charge on any atom is 0.124 e. The summed E-state index contributed by atoms with van der Waals surface area (Å²) in [5, 5.41) is 0. The molecule has 0 aromatic rings. The summed E-state index contributed by atoms with van der Waals surface area (Å²) in [6.07, 6.45) is 3.66. The van der Waals surface area contributed by atoms with Crippen molar-refractivity contribution in [2.75, 3.05) is 19.6 Å². The second-order valence-electron chi connectivity index (χ2n) is 3.12. The van der Waals surface area contributed by atoms with Crippen molar-refractivity contribution in [1.29, 1.82) is 0 Å². The zero-order valence-electron chi connectivity index (χ0n) is 6.55. The van der Waals surface area contributed by atoms with Crippen LogP contribution in [-0.2, 0) is 4.79 Å². The summed E-state index contributed by atoms with van der Waals surface area (Å²) < 4.78 is 0. The molecule has 0 radical (unpaired) electrons. The van der Waals surface area contributed by atoms with Crippen molar-refractivity contribution in [3.63, 3.8) is 0 Å². The fourth-order valence-electron chi connectivity index (χ4n) is 1.42. The summed E-state index contributed by atoms with van der Waals surface area (Å²) in [5.41, 5.74) is 0.